The van der Waals surface area contributed by atoms with Gasteiger partial charge in [-0.15, -0.1) is 0 Å². The van der Waals surface area contributed by atoms with Crippen molar-refractivity contribution >= 4 is 0 Å². The van der Waals surface area contributed by atoms with E-state index in [-0.39, 0.29) is 0 Å². The van der Waals surface area contributed by atoms with Crippen molar-refractivity contribution < 1.29 is 5.11 Å². The molecule has 0 heterocycles. The van der Waals surface area contributed by atoms with E-state index in [1.54, 1.807) is 6.92 Å². The zero-order valence-electron chi connectivity index (χ0n) is 7.62. The number of hydrogen-bond acceptors (Lipinski definition) is 2. The summed E-state index contributed by atoms with van der Waals surface area (Å²) in [7, 11) is 0. The van der Waals surface area contributed by atoms with E-state index in [1.807, 2.05) is 24.3 Å². The number of benzene rings is 1. The average molecular weight is 175 g/mol. The Hall–Kier alpha value is -1.30. The lowest BCUT2D eigenvalue weighted by Crippen LogP contribution is -1.95. The Morgan fingerprint density at radius 3 is 2.46 bits per heavy atom. The molecule has 0 amide bonds. The molecule has 0 radical (unpaired) electrons. The van der Waals surface area contributed by atoms with Crippen LogP contribution in [-0.4, -0.2) is 11.2 Å². The highest BCUT2D eigenvalue weighted by Gasteiger charge is 1.89. The normalized spacial score (nSPS) is 11.6. The van der Waals surface area contributed by atoms with Gasteiger partial charge in [-0.1, -0.05) is 24.0 Å². The van der Waals surface area contributed by atoms with Crippen LogP contribution in [0.5, 0.6) is 0 Å². The van der Waals surface area contributed by atoms with Gasteiger partial charge in [-0.25, -0.2) is 0 Å². The Kier molecular flexibility index (Phi) is 3.51. The lowest BCUT2D eigenvalue weighted by Gasteiger charge is -1.95. The molecule has 13 heavy (non-hydrogen) atoms. The minimum absolute atomic E-state index is 0.546. The van der Waals surface area contributed by atoms with Crippen LogP contribution in [0.2, 0.25) is 0 Å². The van der Waals surface area contributed by atoms with E-state index < -0.39 is 6.10 Å². The molecule has 0 spiro atoms. The monoisotopic (exact) mass is 175 g/mol. The van der Waals surface area contributed by atoms with Crippen LogP contribution in [0, 0.1) is 11.8 Å². The minimum atomic E-state index is -0.575. The molecule has 0 saturated heterocycles. The van der Waals surface area contributed by atoms with Gasteiger partial charge in [0.05, 0.1) is 0 Å². The number of hydrogen-bond donors (Lipinski definition) is 2. The van der Waals surface area contributed by atoms with Crippen molar-refractivity contribution in [3.8, 4) is 11.8 Å². The molecular weight excluding hydrogens is 162 g/mol. The van der Waals surface area contributed by atoms with Crippen molar-refractivity contribution in [2.24, 2.45) is 5.73 Å². The summed E-state index contributed by atoms with van der Waals surface area (Å²) in [5, 5.41) is 8.92. The van der Waals surface area contributed by atoms with Crippen LogP contribution in [0.15, 0.2) is 24.3 Å². The van der Waals surface area contributed by atoms with Gasteiger partial charge in [0, 0.05) is 12.1 Å². The van der Waals surface area contributed by atoms with Crippen molar-refractivity contribution in [3.63, 3.8) is 0 Å². The van der Waals surface area contributed by atoms with E-state index in [2.05, 4.69) is 11.8 Å². The predicted molar refractivity (Wildman–Crippen MR) is 52.9 cm³/mol. The van der Waals surface area contributed by atoms with Crippen molar-refractivity contribution in [1.29, 1.82) is 0 Å². The molecule has 2 heteroatoms. The van der Waals surface area contributed by atoms with Crippen LogP contribution in [0.4, 0.5) is 0 Å². The fourth-order valence-electron chi connectivity index (χ4n) is 0.912. The lowest BCUT2D eigenvalue weighted by molar-refractivity contribution is 0.253. The smallest absolute Gasteiger partial charge is 0.112 e. The summed E-state index contributed by atoms with van der Waals surface area (Å²) in [6, 6.07) is 7.67. The first kappa shape index (κ1) is 9.79. The Bertz CT molecular complexity index is 316. The molecule has 1 rings (SSSR count). The minimum Gasteiger partial charge on any atom is -0.381 e. The van der Waals surface area contributed by atoms with E-state index in [4.69, 9.17) is 10.8 Å². The summed E-state index contributed by atoms with van der Waals surface area (Å²) < 4.78 is 0. The quantitative estimate of drug-likeness (QED) is 0.622. The third kappa shape index (κ3) is 3.29. The maximum atomic E-state index is 8.92. The third-order valence-electron chi connectivity index (χ3n) is 1.62. The van der Waals surface area contributed by atoms with E-state index in [0.717, 1.165) is 11.1 Å². The second kappa shape index (κ2) is 4.66. The summed E-state index contributed by atoms with van der Waals surface area (Å²) in [6.45, 7) is 2.19. The molecule has 1 aromatic rings. The molecule has 0 aliphatic carbocycles. The van der Waals surface area contributed by atoms with Crippen molar-refractivity contribution in [2.75, 3.05) is 0 Å². The molecule has 68 valence electrons. The van der Waals surface area contributed by atoms with Gasteiger partial charge in [0.25, 0.3) is 0 Å². The Balaban J connectivity index is 2.77. The van der Waals surface area contributed by atoms with Crippen LogP contribution >= 0.6 is 0 Å². The molecule has 1 atom stereocenters. The fraction of sp³-hybridized carbons (Fsp3) is 0.273. The van der Waals surface area contributed by atoms with Gasteiger partial charge in [0.15, 0.2) is 0 Å². The van der Waals surface area contributed by atoms with Gasteiger partial charge in [-0.05, 0) is 24.6 Å². The van der Waals surface area contributed by atoms with Crippen molar-refractivity contribution in [1.82, 2.24) is 0 Å². The molecule has 0 unspecified atom stereocenters. The first-order chi connectivity index (χ1) is 6.22. The highest BCUT2D eigenvalue weighted by molar-refractivity contribution is 5.36. The van der Waals surface area contributed by atoms with E-state index >= 15 is 0 Å². The molecule has 0 aliphatic heterocycles. The van der Waals surface area contributed by atoms with Gasteiger partial charge >= 0.3 is 0 Å². The van der Waals surface area contributed by atoms with Gasteiger partial charge in [0.2, 0.25) is 0 Å². The van der Waals surface area contributed by atoms with Gasteiger partial charge in [0.1, 0.15) is 6.10 Å². The SMILES string of the molecule is C[C@@H](O)C#Cc1ccc(CN)cc1. The molecule has 0 bridgehead atoms. The first-order valence-corrected chi connectivity index (χ1v) is 4.21. The summed E-state index contributed by atoms with van der Waals surface area (Å²) in [4.78, 5) is 0. The molecular formula is C11H13NO. The van der Waals surface area contributed by atoms with Crippen LogP contribution in [-0.2, 0) is 6.54 Å². The third-order valence-corrected chi connectivity index (χ3v) is 1.62. The molecule has 0 aromatic heterocycles. The van der Waals surface area contributed by atoms with E-state index in [9.17, 15) is 0 Å². The van der Waals surface area contributed by atoms with Crippen LogP contribution in [0.1, 0.15) is 18.1 Å². The molecule has 0 aliphatic rings. The van der Waals surface area contributed by atoms with Crippen molar-refractivity contribution in [2.45, 2.75) is 19.6 Å². The van der Waals surface area contributed by atoms with Gasteiger partial charge in [-0.3, -0.25) is 0 Å². The maximum Gasteiger partial charge on any atom is 0.112 e. The Morgan fingerprint density at radius 2 is 2.00 bits per heavy atom. The van der Waals surface area contributed by atoms with Crippen LogP contribution < -0.4 is 5.73 Å². The lowest BCUT2D eigenvalue weighted by atomic mass is 10.1. The van der Waals surface area contributed by atoms with Crippen molar-refractivity contribution in [3.05, 3.63) is 35.4 Å². The second-order valence-corrected chi connectivity index (χ2v) is 2.85. The Labute approximate surface area is 78.4 Å². The number of aliphatic hydroxyl groups excluding tert-OH is 1. The largest absolute Gasteiger partial charge is 0.381 e. The van der Waals surface area contributed by atoms with E-state index in [1.165, 1.54) is 0 Å². The summed E-state index contributed by atoms with van der Waals surface area (Å²) in [6.07, 6.45) is -0.575. The number of nitrogens with two attached hydrogens (primary N) is 1. The maximum absolute atomic E-state index is 8.92. The highest BCUT2D eigenvalue weighted by atomic mass is 16.3. The van der Waals surface area contributed by atoms with Gasteiger partial charge < -0.3 is 10.8 Å². The summed E-state index contributed by atoms with van der Waals surface area (Å²) in [5.41, 5.74) is 7.43. The fourth-order valence-corrected chi connectivity index (χ4v) is 0.912. The standard InChI is InChI=1S/C11H13NO/c1-9(13)2-3-10-4-6-11(8-12)7-5-10/h4-7,9,13H,8,12H2,1H3/t9-/m1/s1. The molecule has 0 fully saturated rings. The molecule has 0 saturated carbocycles. The number of rotatable bonds is 1. The van der Waals surface area contributed by atoms with Gasteiger partial charge in [-0.2, -0.15) is 0 Å². The van der Waals surface area contributed by atoms with Crippen LogP contribution in [0.3, 0.4) is 0 Å². The topological polar surface area (TPSA) is 46.2 Å². The van der Waals surface area contributed by atoms with E-state index in [0.29, 0.717) is 6.54 Å². The predicted octanol–water partition coefficient (Wildman–Crippen LogP) is 0.878. The zero-order valence-corrected chi connectivity index (χ0v) is 7.62. The number of aliphatic hydroxyl groups is 1. The first-order valence-electron chi connectivity index (χ1n) is 4.21. The molecule has 2 nitrogen and oxygen atoms in total. The average Bonchev–Trinajstić information content (AvgIpc) is 2.15. The molecule has 3 N–H and O–H groups in total. The van der Waals surface area contributed by atoms with Crippen LogP contribution in [0.25, 0.3) is 0 Å². The second-order valence-electron chi connectivity index (χ2n) is 2.85. The summed E-state index contributed by atoms with van der Waals surface area (Å²) in [5.74, 6) is 5.53. The molecule has 1 aromatic carbocycles. The highest BCUT2D eigenvalue weighted by Crippen LogP contribution is 2.01. The Morgan fingerprint density at radius 1 is 1.38 bits per heavy atom. The summed E-state index contributed by atoms with van der Waals surface area (Å²) >= 11 is 0. The zero-order chi connectivity index (χ0) is 9.68.